The van der Waals surface area contributed by atoms with Gasteiger partial charge in [0.05, 0.1) is 10.6 Å². The maximum absolute atomic E-state index is 10.5. The molecule has 1 aromatic carbocycles. The molecule has 11 heavy (non-hydrogen) atoms. The van der Waals surface area contributed by atoms with E-state index in [1.165, 1.54) is 0 Å². The zero-order valence-corrected chi connectivity index (χ0v) is 6.22. The molecule has 1 aromatic rings. The summed E-state index contributed by atoms with van der Waals surface area (Å²) >= 11 is 5.54. The van der Waals surface area contributed by atoms with Gasteiger partial charge in [-0.1, -0.05) is 11.6 Å². The van der Waals surface area contributed by atoms with Crippen LogP contribution in [0.5, 0.6) is 5.75 Å². The van der Waals surface area contributed by atoms with Crippen molar-refractivity contribution in [2.24, 2.45) is 0 Å². The zero-order valence-electron chi connectivity index (χ0n) is 8.47. The van der Waals surface area contributed by atoms with Crippen molar-refractivity contribution in [2.45, 2.75) is 6.85 Å². The third-order valence-electron chi connectivity index (χ3n) is 1.22. The summed E-state index contributed by atoms with van der Waals surface area (Å²) < 4.78 is 21.3. The molecule has 0 bridgehead atoms. The molecule has 0 aromatic heterocycles. The lowest BCUT2D eigenvalue weighted by Crippen LogP contribution is -1.83. The van der Waals surface area contributed by atoms with E-state index in [4.69, 9.17) is 15.7 Å². The molecule has 1 N–H and O–H groups in total. The molecule has 0 saturated carbocycles. The molecule has 0 fully saturated rings. The largest absolute Gasteiger partial charge is 0.506 e. The lowest BCUT2D eigenvalue weighted by Gasteiger charge is -2.00. The van der Waals surface area contributed by atoms with Gasteiger partial charge in [0, 0.05) is 4.11 Å². The van der Waals surface area contributed by atoms with Crippen molar-refractivity contribution in [1.82, 2.24) is 0 Å². The van der Waals surface area contributed by atoms with E-state index in [0.29, 0.717) is 6.29 Å². The molecule has 0 aliphatic heterocycles. The van der Waals surface area contributed by atoms with Crippen LogP contribution in [0.25, 0.3) is 0 Å². The Kier molecular flexibility index (Phi) is 1.27. The number of halogens is 1. The predicted octanol–water partition coefficient (Wildman–Crippen LogP) is 2.17. The molecule has 0 saturated heterocycles. The number of hydrogen-bond acceptors (Lipinski definition) is 2. The molecule has 58 valence electrons. The van der Waals surface area contributed by atoms with Crippen LogP contribution in [0.3, 0.4) is 0 Å². The predicted molar refractivity (Wildman–Crippen MR) is 43.2 cm³/mol. The fraction of sp³-hybridized carbons (Fsp3) is 0.125. The molecule has 2 nitrogen and oxygen atoms in total. The molecule has 3 heteroatoms. The second-order valence-electron chi connectivity index (χ2n) is 2.01. The summed E-state index contributed by atoms with van der Waals surface area (Å²) in [5, 5.41) is 9.10. The highest BCUT2D eigenvalue weighted by atomic mass is 35.5. The van der Waals surface area contributed by atoms with E-state index >= 15 is 0 Å². The molecular weight excluding hydrogens is 164 g/mol. The number of phenolic OH excluding ortho intramolecular Hbond substituents is 1. The summed E-state index contributed by atoms with van der Waals surface area (Å²) in [6, 6.07) is 2.22. The van der Waals surface area contributed by atoms with Crippen molar-refractivity contribution in [3.05, 3.63) is 28.3 Å². The lowest BCUT2D eigenvalue weighted by molar-refractivity contribution is 0.112. The highest BCUT2D eigenvalue weighted by Gasteiger charge is 2.04. The minimum absolute atomic E-state index is 0.0672. The average Bonchev–Trinajstić information content (AvgIpc) is 2.07. The van der Waals surface area contributed by atoms with E-state index in [9.17, 15) is 9.90 Å². The Morgan fingerprint density at radius 3 is 3.00 bits per heavy atom. The number of hydrogen-bond donors (Lipinski definition) is 1. The van der Waals surface area contributed by atoms with Gasteiger partial charge in [0.25, 0.3) is 0 Å². The van der Waals surface area contributed by atoms with Gasteiger partial charge < -0.3 is 5.11 Å². The Balaban J connectivity index is 3.37. The van der Waals surface area contributed by atoms with E-state index in [-0.39, 0.29) is 16.1 Å². The zero-order chi connectivity index (χ0) is 10.9. The molecule has 0 heterocycles. The van der Waals surface area contributed by atoms with Gasteiger partial charge in [-0.25, -0.2) is 0 Å². The van der Waals surface area contributed by atoms with Crippen molar-refractivity contribution in [3.63, 3.8) is 0 Å². The number of rotatable bonds is 1. The van der Waals surface area contributed by atoms with Gasteiger partial charge >= 0.3 is 0 Å². The van der Waals surface area contributed by atoms with Crippen molar-refractivity contribution in [2.75, 3.05) is 0 Å². The number of benzene rings is 1. The number of carbonyl (C=O) groups is 1. The fourth-order valence-corrected chi connectivity index (χ4v) is 0.937. The highest BCUT2D eigenvalue weighted by molar-refractivity contribution is 6.32. The van der Waals surface area contributed by atoms with Crippen molar-refractivity contribution >= 4 is 17.9 Å². The Labute approximate surface area is 73.6 Å². The van der Waals surface area contributed by atoms with Crippen molar-refractivity contribution in [3.8, 4) is 5.75 Å². The van der Waals surface area contributed by atoms with Gasteiger partial charge in [-0.2, -0.15) is 0 Å². The van der Waals surface area contributed by atoms with Crippen molar-refractivity contribution < 1.29 is 14.0 Å². The Bertz CT molecular complexity index is 374. The smallest absolute Gasteiger partial charge is 0.153 e. The minimum atomic E-state index is -2.34. The van der Waals surface area contributed by atoms with Gasteiger partial charge in [0.1, 0.15) is 5.75 Å². The van der Waals surface area contributed by atoms with E-state index < -0.39 is 12.6 Å². The molecule has 0 aliphatic carbocycles. The molecule has 0 atom stereocenters. The van der Waals surface area contributed by atoms with Crippen LogP contribution < -0.4 is 0 Å². The monoisotopic (exact) mass is 173 g/mol. The fourth-order valence-electron chi connectivity index (χ4n) is 0.710. The first-order valence-electron chi connectivity index (χ1n) is 4.34. The number of carbonyl (C=O) groups excluding carboxylic acids is 1. The highest BCUT2D eigenvalue weighted by Crippen LogP contribution is 2.27. The molecule has 0 amide bonds. The van der Waals surface area contributed by atoms with Crippen LogP contribution in [-0.2, 0) is 0 Å². The summed E-state index contributed by atoms with van der Waals surface area (Å²) in [6.45, 7) is -2.34. The molecular formula is C8H7ClO2. The SMILES string of the molecule is [2H]C([2H])([2H])c1cc(Cl)c(O)c(C=O)c1. The second-order valence-corrected chi connectivity index (χ2v) is 2.42. The standard InChI is InChI=1S/C8H7ClO2/c1-5-2-6(4-10)8(11)7(9)3-5/h2-4,11H,1H3/i1D3. The van der Waals surface area contributed by atoms with Crippen molar-refractivity contribution in [1.29, 1.82) is 0 Å². The molecule has 1 rings (SSSR count). The van der Waals surface area contributed by atoms with Gasteiger partial charge in [-0.3, -0.25) is 4.79 Å². The van der Waals surface area contributed by atoms with Gasteiger partial charge in [-0.05, 0) is 24.5 Å². The maximum Gasteiger partial charge on any atom is 0.153 e. The third-order valence-corrected chi connectivity index (χ3v) is 1.51. The maximum atomic E-state index is 10.5. The topological polar surface area (TPSA) is 37.3 Å². The summed E-state index contributed by atoms with van der Waals surface area (Å²) in [5.74, 6) is -0.394. The van der Waals surface area contributed by atoms with E-state index in [0.717, 1.165) is 12.1 Å². The molecule has 0 spiro atoms. The number of aldehydes is 1. The van der Waals surface area contributed by atoms with Crippen LogP contribution in [0.2, 0.25) is 5.02 Å². The van der Waals surface area contributed by atoms with Crippen LogP contribution in [-0.4, -0.2) is 11.4 Å². The normalized spacial score (nSPS) is 14.8. The molecule has 0 aliphatic rings. The Morgan fingerprint density at radius 2 is 2.45 bits per heavy atom. The number of aryl methyl sites for hydroxylation is 1. The molecule has 0 radical (unpaired) electrons. The van der Waals surface area contributed by atoms with Gasteiger partial charge in [0.2, 0.25) is 0 Å². The Hall–Kier alpha value is -1.02. The van der Waals surface area contributed by atoms with Crippen LogP contribution in [0.15, 0.2) is 12.1 Å². The first-order chi connectivity index (χ1) is 6.36. The van der Waals surface area contributed by atoms with Gasteiger partial charge in [0.15, 0.2) is 6.29 Å². The van der Waals surface area contributed by atoms with E-state index in [2.05, 4.69) is 0 Å². The lowest BCUT2D eigenvalue weighted by atomic mass is 10.1. The average molecular weight is 174 g/mol. The van der Waals surface area contributed by atoms with E-state index in [1.807, 2.05) is 0 Å². The first-order valence-corrected chi connectivity index (χ1v) is 3.22. The molecule has 0 unspecified atom stereocenters. The Morgan fingerprint density at radius 1 is 1.73 bits per heavy atom. The summed E-state index contributed by atoms with van der Waals surface area (Å²) in [5.41, 5.74) is -0.189. The van der Waals surface area contributed by atoms with Crippen LogP contribution in [0.4, 0.5) is 0 Å². The van der Waals surface area contributed by atoms with Crippen LogP contribution >= 0.6 is 11.6 Å². The third kappa shape index (κ3) is 1.52. The van der Waals surface area contributed by atoms with Crippen LogP contribution in [0, 0.1) is 6.85 Å². The first kappa shape index (κ1) is 4.78. The number of phenols is 1. The summed E-state index contributed by atoms with van der Waals surface area (Å²) in [6.07, 6.45) is 0.358. The second kappa shape index (κ2) is 2.93. The summed E-state index contributed by atoms with van der Waals surface area (Å²) in [7, 11) is 0. The summed E-state index contributed by atoms with van der Waals surface area (Å²) in [4.78, 5) is 10.5. The van der Waals surface area contributed by atoms with E-state index in [1.54, 1.807) is 0 Å². The minimum Gasteiger partial charge on any atom is -0.506 e. The quantitative estimate of drug-likeness (QED) is 0.661. The van der Waals surface area contributed by atoms with Gasteiger partial charge in [-0.15, -0.1) is 0 Å². The number of aromatic hydroxyl groups is 1. The van der Waals surface area contributed by atoms with Crippen LogP contribution in [0.1, 0.15) is 20.0 Å².